The molecule has 0 amide bonds. The minimum atomic E-state index is -4.77. The van der Waals surface area contributed by atoms with Crippen LogP contribution in [0.25, 0.3) is 0 Å². The van der Waals surface area contributed by atoms with Gasteiger partial charge in [0.25, 0.3) is 0 Å². The topological polar surface area (TPSA) is 51.6 Å². The zero-order valence-electron chi connectivity index (χ0n) is 12.8. The molecule has 4 nitrogen and oxygen atoms in total. The molecule has 1 heterocycles. The monoisotopic (exact) mass is 425 g/mol. The van der Waals surface area contributed by atoms with Crippen molar-refractivity contribution in [1.82, 2.24) is 4.98 Å². The molecule has 1 N–H and O–H groups in total. The maximum Gasteiger partial charge on any atom is 0.573 e. The van der Waals surface area contributed by atoms with Gasteiger partial charge >= 0.3 is 6.36 Å². The van der Waals surface area contributed by atoms with Crippen LogP contribution >= 0.6 is 27.3 Å². The molecule has 2 aromatic rings. The zero-order valence-corrected chi connectivity index (χ0v) is 15.2. The summed E-state index contributed by atoms with van der Waals surface area (Å²) in [7, 11) is 0. The van der Waals surface area contributed by atoms with Crippen LogP contribution in [0.2, 0.25) is 0 Å². The van der Waals surface area contributed by atoms with Crippen LogP contribution in [0.3, 0.4) is 0 Å². The van der Waals surface area contributed by atoms with E-state index in [-0.39, 0.29) is 22.7 Å². The first-order valence-corrected chi connectivity index (χ1v) is 8.58. The first-order chi connectivity index (χ1) is 11.1. The van der Waals surface area contributed by atoms with Crippen molar-refractivity contribution in [3.05, 3.63) is 39.3 Å². The van der Waals surface area contributed by atoms with Crippen LogP contribution in [-0.2, 0) is 5.60 Å². The van der Waals surface area contributed by atoms with E-state index in [4.69, 9.17) is 4.74 Å². The largest absolute Gasteiger partial charge is 0.573 e. The van der Waals surface area contributed by atoms with Gasteiger partial charge in [-0.25, -0.2) is 0 Å². The van der Waals surface area contributed by atoms with E-state index in [2.05, 4.69) is 25.7 Å². The molecule has 0 aliphatic heterocycles. The van der Waals surface area contributed by atoms with Crippen LogP contribution < -0.4 is 9.47 Å². The first kappa shape index (κ1) is 19.0. The summed E-state index contributed by atoms with van der Waals surface area (Å²) >= 11 is 4.32. The Kier molecular flexibility index (Phi) is 5.77. The molecule has 0 spiro atoms. The molecule has 9 heteroatoms. The highest BCUT2D eigenvalue weighted by Crippen LogP contribution is 2.36. The maximum atomic E-state index is 12.3. The van der Waals surface area contributed by atoms with Gasteiger partial charge in [-0.2, -0.15) is 0 Å². The zero-order chi connectivity index (χ0) is 18.0. The van der Waals surface area contributed by atoms with Crippen molar-refractivity contribution in [2.45, 2.75) is 25.8 Å². The number of aromatic nitrogens is 1. The van der Waals surface area contributed by atoms with Gasteiger partial charge in [0, 0.05) is 6.20 Å². The SMILES string of the molecule is CC(C)C(O)(COc1ccc(OC(F)(F)F)c(Br)c1)c1cncs1. The van der Waals surface area contributed by atoms with Crippen molar-refractivity contribution < 1.29 is 27.8 Å². The summed E-state index contributed by atoms with van der Waals surface area (Å²) in [5.74, 6) is -0.203. The van der Waals surface area contributed by atoms with E-state index in [1.807, 2.05) is 13.8 Å². The summed E-state index contributed by atoms with van der Waals surface area (Å²) in [6.07, 6.45) is -3.20. The molecule has 1 aromatic carbocycles. The Morgan fingerprint density at radius 1 is 1.33 bits per heavy atom. The summed E-state index contributed by atoms with van der Waals surface area (Å²) in [4.78, 5) is 4.62. The predicted molar refractivity (Wildman–Crippen MR) is 87.2 cm³/mol. The van der Waals surface area contributed by atoms with Crippen LogP contribution in [0, 0.1) is 5.92 Å². The first-order valence-electron chi connectivity index (χ1n) is 6.91. The van der Waals surface area contributed by atoms with Gasteiger partial charge in [0.15, 0.2) is 0 Å². The van der Waals surface area contributed by atoms with Crippen molar-refractivity contribution in [3.8, 4) is 11.5 Å². The number of hydrogen-bond donors (Lipinski definition) is 1. The fourth-order valence-electron chi connectivity index (χ4n) is 1.92. The molecule has 132 valence electrons. The highest BCUT2D eigenvalue weighted by atomic mass is 79.9. The van der Waals surface area contributed by atoms with Gasteiger partial charge in [-0.05, 0) is 40.0 Å². The third-order valence-corrected chi connectivity index (χ3v) is 4.96. The number of nitrogens with zero attached hydrogens (tertiary/aromatic N) is 1. The average Bonchev–Trinajstić information content (AvgIpc) is 3.00. The van der Waals surface area contributed by atoms with Crippen LogP contribution in [0.1, 0.15) is 18.7 Å². The van der Waals surface area contributed by atoms with E-state index in [9.17, 15) is 18.3 Å². The van der Waals surface area contributed by atoms with Crippen molar-refractivity contribution >= 4 is 27.3 Å². The molecule has 0 bridgehead atoms. The van der Waals surface area contributed by atoms with Gasteiger partial charge in [0.05, 0.1) is 14.9 Å². The number of thiazole rings is 1. The lowest BCUT2D eigenvalue weighted by Gasteiger charge is -2.30. The second-order valence-corrected chi connectivity index (χ2v) is 7.11. The summed E-state index contributed by atoms with van der Waals surface area (Å²) in [6.45, 7) is 3.64. The minimum absolute atomic E-state index is 0.0568. The van der Waals surface area contributed by atoms with Gasteiger partial charge in [-0.3, -0.25) is 4.98 Å². The van der Waals surface area contributed by atoms with Gasteiger partial charge in [-0.15, -0.1) is 24.5 Å². The smallest absolute Gasteiger partial charge is 0.490 e. The number of aliphatic hydroxyl groups is 1. The Morgan fingerprint density at radius 3 is 2.54 bits per heavy atom. The third kappa shape index (κ3) is 4.61. The van der Waals surface area contributed by atoms with Crippen molar-refractivity contribution in [2.75, 3.05) is 6.61 Å². The number of rotatable bonds is 6. The lowest BCUT2D eigenvalue weighted by atomic mass is 9.90. The summed E-state index contributed by atoms with van der Waals surface area (Å²) in [5.41, 5.74) is 0.372. The fraction of sp³-hybridized carbons (Fsp3) is 0.400. The molecule has 0 aliphatic rings. The summed E-state index contributed by atoms with van der Waals surface area (Å²) in [6, 6.07) is 3.85. The Labute approximate surface area is 149 Å². The predicted octanol–water partition coefficient (Wildman–Crippen LogP) is 4.73. The molecule has 1 atom stereocenters. The maximum absolute atomic E-state index is 12.3. The van der Waals surface area contributed by atoms with Gasteiger partial charge in [0.1, 0.15) is 23.7 Å². The lowest BCUT2D eigenvalue weighted by Crippen LogP contribution is -2.37. The number of halogens is 4. The highest BCUT2D eigenvalue weighted by molar-refractivity contribution is 9.10. The highest BCUT2D eigenvalue weighted by Gasteiger charge is 2.36. The van der Waals surface area contributed by atoms with Crippen LogP contribution in [0.15, 0.2) is 34.4 Å². The molecule has 24 heavy (non-hydrogen) atoms. The molecule has 1 unspecified atom stereocenters. The average molecular weight is 426 g/mol. The van der Waals surface area contributed by atoms with Gasteiger partial charge in [0.2, 0.25) is 0 Å². The lowest BCUT2D eigenvalue weighted by molar-refractivity contribution is -0.274. The quantitative estimate of drug-likeness (QED) is 0.726. The van der Waals surface area contributed by atoms with E-state index in [1.165, 1.54) is 23.5 Å². The normalized spacial score (nSPS) is 14.5. The third-order valence-electron chi connectivity index (χ3n) is 3.40. The van der Waals surface area contributed by atoms with Crippen LogP contribution in [-0.4, -0.2) is 23.1 Å². The van der Waals surface area contributed by atoms with E-state index < -0.39 is 12.0 Å². The van der Waals surface area contributed by atoms with Crippen LogP contribution in [0.5, 0.6) is 11.5 Å². The number of benzene rings is 1. The standard InChI is InChI=1S/C15H15BrF3NO3S/c1-9(2)14(21,13-6-20-8-24-13)7-22-10-3-4-12(11(16)5-10)23-15(17,18)19/h3-6,8-9,21H,7H2,1-2H3. The van der Waals surface area contributed by atoms with Crippen LogP contribution in [0.4, 0.5) is 13.2 Å². The number of ether oxygens (including phenoxy) is 2. The Bertz CT molecular complexity index is 679. The van der Waals surface area contributed by atoms with E-state index in [1.54, 1.807) is 11.7 Å². The Hall–Kier alpha value is -1.32. The van der Waals surface area contributed by atoms with E-state index >= 15 is 0 Å². The van der Waals surface area contributed by atoms with Gasteiger partial charge < -0.3 is 14.6 Å². The molecule has 1 aromatic heterocycles. The van der Waals surface area contributed by atoms with Crippen molar-refractivity contribution in [1.29, 1.82) is 0 Å². The van der Waals surface area contributed by atoms with E-state index in [0.29, 0.717) is 10.6 Å². The number of alkyl halides is 3. The summed E-state index contributed by atoms with van der Waals surface area (Å²) in [5, 5.41) is 10.8. The minimum Gasteiger partial charge on any atom is -0.490 e. The molecule has 0 saturated heterocycles. The molecule has 2 rings (SSSR count). The fourth-order valence-corrected chi connectivity index (χ4v) is 3.22. The van der Waals surface area contributed by atoms with Crippen molar-refractivity contribution in [2.24, 2.45) is 5.92 Å². The van der Waals surface area contributed by atoms with Gasteiger partial charge in [-0.1, -0.05) is 13.8 Å². The number of hydrogen-bond acceptors (Lipinski definition) is 5. The Morgan fingerprint density at radius 2 is 2.04 bits per heavy atom. The Balaban J connectivity index is 2.12. The molecule has 0 fully saturated rings. The molecular formula is C15H15BrF3NO3S. The second kappa shape index (κ2) is 7.28. The summed E-state index contributed by atoms with van der Waals surface area (Å²) < 4.78 is 46.3. The van der Waals surface area contributed by atoms with E-state index in [0.717, 1.165) is 6.07 Å². The molecular weight excluding hydrogens is 411 g/mol. The molecule has 0 saturated carbocycles. The molecule has 0 radical (unpaired) electrons. The van der Waals surface area contributed by atoms with Crippen molar-refractivity contribution in [3.63, 3.8) is 0 Å². The molecule has 0 aliphatic carbocycles. The second-order valence-electron chi connectivity index (χ2n) is 5.37.